The summed E-state index contributed by atoms with van der Waals surface area (Å²) in [5, 5.41) is 2.69. The summed E-state index contributed by atoms with van der Waals surface area (Å²) in [7, 11) is -2.36. The Bertz CT molecular complexity index is 840. The molecule has 25 heavy (non-hydrogen) atoms. The van der Waals surface area contributed by atoms with Crippen LogP contribution in [0.25, 0.3) is 0 Å². The van der Waals surface area contributed by atoms with Crippen molar-refractivity contribution >= 4 is 21.6 Å². The number of halogens is 1. The lowest BCUT2D eigenvalue weighted by Gasteiger charge is -2.10. The van der Waals surface area contributed by atoms with Crippen LogP contribution in [0, 0.1) is 5.82 Å². The highest BCUT2D eigenvalue weighted by Gasteiger charge is 2.16. The van der Waals surface area contributed by atoms with Crippen LogP contribution in [0.1, 0.15) is 16.8 Å². The van der Waals surface area contributed by atoms with Gasteiger partial charge in [-0.1, -0.05) is 12.1 Å². The van der Waals surface area contributed by atoms with E-state index in [4.69, 9.17) is 4.74 Å². The maximum atomic E-state index is 13.2. The molecule has 0 aromatic heterocycles. The second kappa shape index (κ2) is 8.59. The second-order valence-electron chi connectivity index (χ2n) is 5.25. The van der Waals surface area contributed by atoms with E-state index < -0.39 is 15.8 Å². The molecule has 2 N–H and O–H groups in total. The summed E-state index contributed by atoms with van der Waals surface area (Å²) < 4.78 is 45.2. The number of ether oxygens (including phenoxy) is 1. The van der Waals surface area contributed by atoms with Gasteiger partial charge in [0.25, 0.3) is 15.9 Å². The van der Waals surface area contributed by atoms with Crippen LogP contribution in [0.15, 0.2) is 53.4 Å². The maximum absolute atomic E-state index is 13.2. The zero-order valence-electron chi connectivity index (χ0n) is 13.7. The average Bonchev–Trinajstić information content (AvgIpc) is 2.58. The molecule has 0 saturated carbocycles. The van der Waals surface area contributed by atoms with Gasteiger partial charge in [0.15, 0.2) is 0 Å². The first-order valence-electron chi connectivity index (χ1n) is 7.58. The minimum atomic E-state index is -3.93. The van der Waals surface area contributed by atoms with Crippen molar-refractivity contribution in [1.82, 2.24) is 5.32 Å². The number of carbonyl (C=O) groups is 1. The molecule has 0 saturated heterocycles. The van der Waals surface area contributed by atoms with Crippen LogP contribution in [-0.4, -0.2) is 34.6 Å². The molecule has 0 radical (unpaired) electrons. The SMILES string of the molecule is COCCCNC(=O)c1cccc(S(=O)(=O)Nc2cccc(F)c2)c1. The Morgan fingerprint density at radius 3 is 2.64 bits per heavy atom. The van der Waals surface area contributed by atoms with Gasteiger partial charge in [0.2, 0.25) is 0 Å². The second-order valence-corrected chi connectivity index (χ2v) is 6.93. The van der Waals surface area contributed by atoms with Crippen molar-refractivity contribution in [2.24, 2.45) is 0 Å². The lowest BCUT2D eigenvalue weighted by Crippen LogP contribution is -2.25. The normalized spacial score (nSPS) is 11.1. The predicted octanol–water partition coefficient (Wildman–Crippen LogP) is 2.39. The van der Waals surface area contributed by atoms with Crippen LogP contribution >= 0.6 is 0 Å². The van der Waals surface area contributed by atoms with Gasteiger partial charge < -0.3 is 10.1 Å². The van der Waals surface area contributed by atoms with Crippen LogP contribution in [0.5, 0.6) is 0 Å². The van der Waals surface area contributed by atoms with Crippen molar-refractivity contribution in [1.29, 1.82) is 0 Å². The predicted molar refractivity (Wildman–Crippen MR) is 92.5 cm³/mol. The maximum Gasteiger partial charge on any atom is 0.261 e. The van der Waals surface area contributed by atoms with Crippen molar-refractivity contribution in [3.8, 4) is 0 Å². The highest BCUT2D eigenvalue weighted by molar-refractivity contribution is 7.92. The summed E-state index contributed by atoms with van der Waals surface area (Å²) in [4.78, 5) is 12.0. The van der Waals surface area contributed by atoms with Crippen molar-refractivity contribution in [3.63, 3.8) is 0 Å². The Labute approximate surface area is 146 Å². The Morgan fingerprint density at radius 1 is 1.16 bits per heavy atom. The molecule has 0 heterocycles. The molecule has 2 rings (SSSR count). The lowest BCUT2D eigenvalue weighted by atomic mass is 10.2. The third kappa shape index (κ3) is 5.54. The van der Waals surface area contributed by atoms with Gasteiger partial charge in [-0.3, -0.25) is 9.52 Å². The number of sulfonamides is 1. The van der Waals surface area contributed by atoms with Crippen molar-refractivity contribution < 1.29 is 22.3 Å². The minimum Gasteiger partial charge on any atom is -0.385 e. The zero-order valence-corrected chi connectivity index (χ0v) is 14.5. The molecular weight excluding hydrogens is 347 g/mol. The number of nitrogens with one attached hydrogen (secondary N) is 2. The fourth-order valence-corrected chi connectivity index (χ4v) is 3.19. The molecule has 6 nitrogen and oxygen atoms in total. The average molecular weight is 366 g/mol. The standard InChI is InChI=1S/C17H19FN2O4S/c1-24-10-4-9-19-17(21)13-5-2-8-16(11-13)25(22,23)20-15-7-3-6-14(18)12-15/h2-3,5-8,11-12,20H,4,9-10H2,1H3,(H,19,21). The third-order valence-electron chi connectivity index (χ3n) is 3.29. The Morgan fingerprint density at radius 2 is 1.92 bits per heavy atom. The van der Waals surface area contributed by atoms with Crippen LogP contribution in [0.3, 0.4) is 0 Å². The number of rotatable bonds is 8. The largest absolute Gasteiger partial charge is 0.385 e. The fraction of sp³-hybridized carbons (Fsp3) is 0.235. The summed E-state index contributed by atoms with van der Waals surface area (Å²) >= 11 is 0. The zero-order chi connectivity index (χ0) is 18.3. The molecular formula is C17H19FN2O4S. The van der Waals surface area contributed by atoms with Gasteiger partial charge in [-0.05, 0) is 42.8 Å². The molecule has 0 atom stereocenters. The van der Waals surface area contributed by atoms with Gasteiger partial charge >= 0.3 is 0 Å². The molecule has 1 amide bonds. The van der Waals surface area contributed by atoms with E-state index in [1.54, 1.807) is 7.11 Å². The van der Waals surface area contributed by atoms with Gasteiger partial charge in [0.1, 0.15) is 5.82 Å². The number of amides is 1. The first-order chi connectivity index (χ1) is 11.9. The number of benzene rings is 2. The van der Waals surface area contributed by atoms with Gasteiger partial charge in [-0.2, -0.15) is 0 Å². The van der Waals surface area contributed by atoms with Gasteiger partial charge in [-0.15, -0.1) is 0 Å². The highest BCUT2D eigenvalue weighted by Crippen LogP contribution is 2.18. The van der Waals surface area contributed by atoms with Crippen LogP contribution in [0.4, 0.5) is 10.1 Å². The van der Waals surface area contributed by atoms with Crippen LogP contribution < -0.4 is 10.0 Å². The summed E-state index contributed by atoms with van der Waals surface area (Å²) in [6.45, 7) is 0.942. The first kappa shape index (κ1) is 18.9. The van der Waals surface area contributed by atoms with E-state index in [1.807, 2.05) is 0 Å². The summed E-state index contributed by atoms with van der Waals surface area (Å²) in [6.07, 6.45) is 0.654. The molecule has 0 aliphatic carbocycles. The van der Waals surface area contributed by atoms with Crippen molar-refractivity contribution in [2.75, 3.05) is 25.0 Å². The van der Waals surface area contributed by atoms with Gasteiger partial charge in [-0.25, -0.2) is 12.8 Å². The third-order valence-corrected chi connectivity index (χ3v) is 4.67. The summed E-state index contributed by atoms with van der Waals surface area (Å²) in [5.74, 6) is -0.928. The van der Waals surface area contributed by atoms with E-state index in [0.717, 1.165) is 6.07 Å². The molecule has 0 spiro atoms. The Hall–Kier alpha value is -2.45. The molecule has 2 aromatic rings. The Kier molecular flexibility index (Phi) is 6.49. The number of hydrogen-bond acceptors (Lipinski definition) is 4. The van der Waals surface area contributed by atoms with E-state index in [0.29, 0.717) is 19.6 Å². The van der Waals surface area contributed by atoms with E-state index in [9.17, 15) is 17.6 Å². The Balaban J connectivity index is 2.12. The molecule has 0 aliphatic heterocycles. The lowest BCUT2D eigenvalue weighted by molar-refractivity contribution is 0.0948. The molecule has 8 heteroatoms. The number of hydrogen-bond donors (Lipinski definition) is 2. The van der Waals surface area contributed by atoms with E-state index in [-0.39, 0.29) is 22.1 Å². The van der Waals surface area contributed by atoms with Crippen LogP contribution in [-0.2, 0) is 14.8 Å². The number of carbonyl (C=O) groups excluding carboxylic acids is 1. The molecule has 0 fully saturated rings. The summed E-state index contributed by atoms with van der Waals surface area (Å²) in [6, 6.07) is 10.8. The topological polar surface area (TPSA) is 84.5 Å². The van der Waals surface area contributed by atoms with Gasteiger partial charge in [0, 0.05) is 25.8 Å². The highest BCUT2D eigenvalue weighted by atomic mass is 32.2. The first-order valence-corrected chi connectivity index (χ1v) is 9.06. The van der Waals surface area contributed by atoms with Crippen molar-refractivity contribution in [2.45, 2.75) is 11.3 Å². The van der Waals surface area contributed by atoms with E-state index in [1.165, 1.54) is 42.5 Å². The number of methoxy groups -OCH3 is 1. The van der Waals surface area contributed by atoms with E-state index in [2.05, 4.69) is 10.0 Å². The molecule has 2 aromatic carbocycles. The fourth-order valence-electron chi connectivity index (χ4n) is 2.09. The smallest absolute Gasteiger partial charge is 0.261 e. The molecule has 134 valence electrons. The monoisotopic (exact) mass is 366 g/mol. The van der Waals surface area contributed by atoms with Gasteiger partial charge in [0.05, 0.1) is 10.6 Å². The number of anilines is 1. The van der Waals surface area contributed by atoms with E-state index >= 15 is 0 Å². The minimum absolute atomic E-state index is 0.0821. The molecule has 0 unspecified atom stereocenters. The summed E-state index contributed by atoms with van der Waals surface area (Å²) in [5.41, 5.74) is 0.328. The van der Waals surface area contributed by atoms with Crippen molar-refractivity contribution in [3.05, 3.63) is 59.9 Å². The molecule has 0 bridgehead atoms. The van der Waals surface area contributed by atoms with Crippen LogP contribution in [0.2, 0.25) is 0 Å². The quantitative estimate of drug-likeness (QED) is 0.703. The molecule has 0 aliphatic rings.